The molecular formula is C9H9NOS. The highest BCUT2D eigenvalue weighted by atomic mass is 32.2. The third-order valence-corrected chi connectivity index (χ3v) is 2.83. The molecule has 2 rings (SSSR count). The van der Waals surface area contributed by atoms with E-state index in [4.69, 9.17) is 0 Å². The van der Waals surface area contributed by atoms with Crippen LogP contribution in [0.3, 0.4) is 0 Å². The van der Waals surface area contributed by atoms with Crippen molar-refractivity contribution in [3.63, 3.8) is 0 Å². The van der Waals surface area contributed by atoms with Crippen LogP contribution in [0, 0.1) is 0 Å². The molecule has 1 aliphatic rings. The predicted octanol–water partition coefficient (Wildman–Crippen LogP) is 1.62. The summed E-state index contributed by atoms with van der Waals surface area (Å²) in [6.45, 7) is 0. The van der Waals surface area contributed by atoms with Crippen LogP contribution in [0.25, 0.3) is 0 Å². The van der Waals surface area contributed by atoms with Gasteiger partial charge in [-0.3, -0.25) is 4.79 Å². The summed E-state index contributed by atoms with van der Waals surface area (Å²) in [7, 11) is 0. The van der Waals surface area contributed by atoms with Crippen LogP contribution in [0.1, 0.15) is 6.42 Å². The minimum Gasteiger partial charge on any atom is -0.343 e. The van der Waals surface area contributed by atoms with Crippen LogP contribution >= 0.6 is 11.8 Å². The van der Waals surface area contributed by atoms with Crippen LogP contribution in [0.15, 0.2) is 35.2 Å². The SMILES string of the molecule is O=C1C[C@@H](Sc2ccccc2)N1. The minimum absolute atomic E-state index is 0.156. The zero-order chi connectivity index (χ0) is 8.39. The van der Waals surface area contributed by atoms with Crippen molar-refractivity contribution < 1.29 is 4.79 Å². The van der Waals surface area contributed by atoms with E-state index in [-0.39, 0.29) is 5.91 Å². The molecule has 0 saturated carbocycles. The van der Waals surface area contributed by atoms with Crippen LogP contribution in [-0.2, 0) is 4.79 Å². The Morgan fingerprint density at radius 2 is 2.00 bits per heavy atom. The number of hydrogen-bond acceptors (Lipinski definition) is 2. The fourth-order valence-electron chi connectivity index (χ4n) is 1.06. The Labute approximate surface area is 75.4 Å². The van der Waals surface area contributed by atoms with E-state index in [2.05, 4.69) is 17.4 Å². The van der Waals surface area contributed by atoms with Gasteiger partial charge in [-0.05, 0) is 12.1 Å². The summed E-state index contributed by atoms with van der Waals surface area (Å²) in [5.74, 6) is 0.156. The smallest absolute Gasteiger partial charge is 0.223 e. The van der Waals surface area contributed by atoms with Gasteiger partial charge in [0, 0.05) is 4.90 Å². The van der Waals surface area contributed by atoms with Gasteiger partial charge in [-0.25, -0.2) is 0 Å². The van der Waals surface area contributed by atoms with Gasteiger partial charge >= 0.3 is 0 Å². The first-order valence-electron chi connectivity index (χ1n) is 3.86. The number of thioether (sulfide) groups is 1. The van der Waals surface area contributed by atoms with Gasteiger partial charge in [0.1, 0.15) is 0 Å². The number of nitrogens with one attached hydrogen (secondary N) is 1. The Kier molecular flexibility index (Phi) is 2.04. The molecule has 1 aliphatic heterocycles. The van der Waals surface area contributed by atoms with Crippen molar-refractivity contribution in [2.24, 2.45) is 0 Å². The number of β-lactam (4-membered cyclic amide) rings is 1. The maximum Gasteiger partial charge on any atom is 0.223 e. The molecule has 0 spiro atoms. The number of hydrogen-bond donors (Lipinski definition) is 1. The number of carbonyl (C=O) groups excluding carboxylic acids is 1. The Hall–Kier alpha value is -0.960. The summed E-state index contributed by atoms with van der Waals surface area (Å²) in [6, 6.07) is 10.1. The highest BCUT2D eigenvalue weighted by molar-refractivity contribution is 8.00. The highest BCUT2D eigenvalue weighted by Crippen LogP contribution is 2.26. The van der Waals surface area contributed by atoms with Gasteiger partial charge in [-0.2, -0.15) is 0 Å². The lowest BCUT2D eigenvalue weighted by Crippen LogP contribution is -2.46. The average Bonchev–Trinajstić information content (AvgIpc) is 2.04. The van der Waals surface area contributed by atoms with E-state index in [0.29, 0.717) is 11.8 Å². The number of rotatable bonds is 2. The molecule has 1 saturated heterocycles. The Balaban J connectivity index is 1.92. The van der Waals surface area contributed by atoms with Crippen molar-refractivity contribution >= 4 is 17.7 Å². The second-order valence-corrected chi connectivity index (χ2v) is 3.97. The van der Waals surface area contributed by atoms with E-state index in [9.17, 15) is 4.79 Å². The average molecular weight is 179 g/mol. The van der Waals surface area contributed by atoms with E-state index in [1.54, 1.807) is 11.8 Å². The first-order valence-corrected chi connectivity index (χ1v) is 4.73. The fourth-order valence-corrected chi connectivity index (χ4v) is 2.13. The van der Waals surface area contributed by atoms with Gasteiger partial charge < -0.3 is 5.32 Å². The summed E-state index contributed by atoms with van der Waals surface area (Å²) >= 11 is 1.70. The molecule has 62 valence electrons. The molecule has 12 heavy (non-hydrogen) atoms. The van der Waals surface area contributed by atoms with E-state index in [1.165, 1.54) is 4.90 Å². The van der Waals surface area contributed by atoms with Gasteiger partial charge in [0.15, 0.2) is 0 Å². The van der Waals surface area contributed by atoms with Crippen molar-refractivity contribution in [2.75, 3.05) is 0 Å². The number of carbonyl (C=O) groups is 1. The normalized spacial score (nSPS) is 21.3. The standard InChI is InChI=1S/C9H9NOS/c11-8-6-9(10-8)12-7-4-2-1-3-5-7/h1-5,9H,6H2,(H,10,11)/t9-/m1/s1. The molecule has 1 heterocycles. The molecule has 2 nitrogen and oxygen atoms in total. The molecule has 1 amide bonds. The molecule has 1 N–H and O–H groups in total. The largest absolute Gasteiger partial charge is 0.343 e. The predicted molar refractivity (Wildman–Crippen MR) is 48.8 cm³/mol. The lowest BCUT2D eigenvalue weighted by molar-refractivity contribution is -0.126. The molecular weight excluding hydrogens is 170 g/mol. The molecule has 1 aromatic carbocycles. The number of amides is 1. The molecule has 0 aliphatic carbocycles. The maximum atomic E-state index is 10.6. The van der Waals surface area contributed by atoms with Crippen LogP contribution < -0.4 is 5.32 Å². The first kappa shape index (κ1) is 7.68. The van der Waals surface area contributed by atoms with E-state index < -0.39 is 0 Å². The molecule has 0 radical (unpaired) electrons. The first-order chi connectivity index (χ1) is 5.84. The summed E-state index contributed by atoms with van der Waals surface area (Å²) < 4.78 is 0. The van der Waals surface area contributed by atoms with Gasteiger partial charge in [-0.1, -0.05) is 18.2 Å². The zero-order valence-corrected chi connectivity index (χ0v) is 7.30. The second-order valence-electron chi connectivity index (χ2n) is 2.69. The molecule has 0 unspecified atom stereocenters. The second kappa shape index (κ2) is 3.19. The topological polar surface area (TPSA) is 29.1 Å². The lowest BCUT2D eigenvalue weighted by Gasteiger charge is -2.25. The van der Waals surface area contributed by atoms with Crippen molar-refractivity contribution in [1.29, 1.82) is 0 Å². The molecule has 1 aromatic rings. The molecule has 0 aromatic heterocycles. The van der Waals surface area contributed by atoms with Crippen molar-refractivity contribution in [2.45, 2.75) is 16.7 Å². The quantitative estimate of drug-likeness (QED) is 0.699. The minimum atomic E-state index is 0.156. The Morgan fingerprint density at radius 1 is 1.33 bits per heavy atom. The fraction of sp³-hybridized carbons (Fsp3) is 0.222. The summed E-state index contributed by atoms with van der Waals surface area (Å²) in [5, 5.41) is 3.11. The summed E-state index contributed by atoms with van der Waals surface area (Å²) in [6.07, 6.45) is 0.652. The van der Waals surface area contributed by atoms with Gasteiger partial charge in [0.2, 0.25) is 5.91 Å². The van der Waals surface area contributed by atoms with Gasteiger partial charge in [0.05, 0.1) is 11.8 Å². The van der Waals surface area contributed by atoms with Crippen LogP contribution in [0.2, 0.25) is 0 Å². The van der Waals surface area contributed by atoms with E-state index in [1.807, 2.05) is 18.2 Å². The lowest BCUT2D eigenvalue weighted by atomic mass is 10.3. The Bertz CT molecular complexity index is 278. The molecule has 1 atom stereocenters. The highest BCUT2D eigenvalue weighted by Gasteiger charge is 2.25. The van der Waals surface area contributed by atoms with Crippen molar-refractivity contribution in [3.8, 4) is 0 Å². The molecule has 0 bridgehead atoms. The third kappa shape index (κ3) is 1.61. The maximum absolute atomic E-state index is 10.6. The van der Waals surface area contributed by atoms with Gasteiger partial charge in [0.25, 0.3) is 0 Å². The van der Waals surface area contributed by atoms with E-state index in [0.717, 1.165) is 0 Å². The number of benzene rings is 1. The van der Waals surface area contributed by atoms with Crippen molar-refractivity contribution in [1.82, 2.24) is 5.32 Å². The molecule has 1 fully saturated rings. The third-order valence-electron chi connectivity index (χ3n) is 1.71. The van der Waals surface area contributed by atoms with Crippen LogP contribution in [-0.4, -0.2) is 11.3 Å². The van der Waals surface area contributed by atoms with Gasteiger partial charge in [-0.15, -0.1) is 11.8 Å². The molecule has 3 heteroatoms. The monoisotopic (exact) mass is 179 g/mol. The summed E-state index contributed by atoms with van der Waals surface area (Å²) in [5.41, 5.74) is 0. The summed E-state index contributed by atoms with van der Waals surface area (Å²) in [4.78, 5) is 11.8. The van der Waals surface area contributed by atoms with Crippen LogP contribution in [0.5, 0.6) is 0 Å². The van der Waals surface area contributed by atoms with Crippen molar-refractivity contribution in [3.05, 3.63) is 30.3 Å². The Morgan fingerprint density at radius 3 is 2.58 bits per heavy atom. The van der Waals surface area contributed by atoms with E-state index >= 15 is 0 Å². The van der Waals surface area contributed by atoms with Crippen LogP contribution in [0.4, 0.5) is 0 Å². The zero-order valence-electron chi connectivity index (χ0n) is 6.49.